The van der Waals surface area contributed by atoms with Crippen LogP contribution in [0.2, 0.25) is 0 Å². The maximum Gasteiger partial charge on any atom is 0.454 e. The number of allylic oxidation sites excluding steroid dienone is 2. The first-order valence-corrected chi connectivity index (χ1v) is 10.8. The fraction of sp³-hybridized carbons (Fsp3) is 0.500. The van der Waals surface area contributed by atoms with E-state index in [1.165, 1.54) is 22.2 Å². The van der Waals surface area contributed by atoms with E-state index in [2.05, 4.69) is 0 Å². The molecule has 0 saturated heterocycles. The molecule has 0 amide bonds. The molecule has 1 aromatic carbocycles. The van der Waals surface area contributed by atoms with Crippen molar-refractivity contribution in [1.29, 1.82) is 0 Å². The molecule has 2 aliphatic heterocycles. The van der Waals surface area contributed by atoms with E-state index in [-0.39, 0.29) is 24.0 Å². The highest BCUT2D eigenvalue weighted by Crippen LogP contribution is 2.44. The molecule has 0 radical (unpaired) electrons. The van der Waals surface area contributed by atoms with E-state index >= 15 is 0 Å². The molecule has 2 heterocycles. The number of alkyl halides is 6. The molecule has 10 heteroatoms. The van der Waals surface area contributed by atoms with Crippen molar-refractivity contribution >= 4 is 22.9 Å². The maximum atomic E-state index is 13.2. The Labute approximate surface area is 193 Å². The van der Waals surface area contributed by atoms with Crippen LogP contribution in [0, 0.1) is 10.8 Å². The largest absolute Gasteiger partial charge is 0.454 e. The molecule has 0 fully saturated rings. The fourth-order valence-electron chi connectivity index (χ4n) is 4.23. The predicted octanol–water partition coefficient (Wildman–Crippen LogP) is 6.19. The number of rotatable bonds is 4. The van der Waals surface area contributed by atoms with Gasteiger partial charge < -0.3 is 9.80 Å². The molecule has 4 nitrogen and oxygen atoms in total. The molecule has 0 unspecified atom stereocenters. The Balaban J connectivity index is 2.07. The van der Waals surface area contributed by atoms with Crippen LogP contribution in [0.1, 0.15) is 40.5 Å². The van der Waals surface area contributed by atoms with E-state index in [0.29, 0.717) is 24.5 Å². The summed E-state index contributed by atoms with van der Waals surface area (Å²) >= 11 is 0. The zero-order valence-electron chi connectivity index (χ0n) is 19.3. The molecule has 0 atom stereocenters. The molecule has 0 spiro atoms. The summed E-state index contributed by atoms with van der Waals surface area (Å²) in [5.74, 6) is -3.84. The molecule has 0 aromatic heterocycles. The Kier molecular flexibility index (Phi) is 6.43. The summed E-state index contributed by atoms with van der Waals surface area (Å²) in [4.78, 5) is 27.2. The molecule has 0 saturated carbocycles. The maximum absolute atomic E-state index is 13.2. The first kappa shape index (κ1) is 25.8. The Morgan fingerprint density at radius 2 is 1.03 bits per heavy atom. The van der Waals surface area contributed by atoms with Crippen molar-refractivity contribution in [3.63, 3.8) is 0 Å². The van der Waals surface area contributed by atoms with Crippen molar-refractivity contribution in [2.45, 2.75) is 52.9 Å². The van der Waals surface area contributed by atoms with Gasteiger partial charge in [0, 0.05) is 36.6 Å². The molecular weight excluding hydrogens is 462 g/mol. The third kappa shape index (κ3) is 5.00. The number of hydrogen-bond donors (Lipinski definition) is 0. The minimum absolute atomic E-state index is 0.260. The number of ketones is 2. The van der Waals surface area contributed by atoms with Crippen LogP contribution in [0.15, 0.2) is 47.8 Å². The summed E-state index contributed by atoms with van der Waals surface area (Å²) in [5, 5.41) is 0. The summed E-state index contributed by atoms with van der Waals surface area (Å²) in [6, 6.07) is 6.55. The summed E-state index contributed by atoms with van der Waals surface area (Å²) in [5.41, 5.74) is -1.91. The van der Waals surface area contributed by atoms with Crippen LogP contribution in [-0.2, 0) is 9.59 Å². The number of carbonyl (C=O) groups excluding carboxylic acids is 2. The predicted molar refractivity (Wildman–Crippen MR) is 116 cm³/mol. The highest BCUT2D eigenvalue weighted by Gasteiger charge is 2.48. The third-order valence-electron chi connectivity index (χ3n) is 6.49. The number of halogens is 6. The average molecular weight is 488 g/mol. The second kappa shape index (κ2) is 8.46. The molecule has 2 aliphatic rings. The van der Waals surface area contributed by atoms with Gasteiger partial charge in [-0.2, -0.15) is 26.3 Å². The van der Waals surface area contributed by atoms with E-state index in [1.807, 2.05) is 0 Å². The summed E-state index contributed by atoms with van der Waals surface area (Å²) in [7, 11) is 0. The number of para-hydroxylation sites is 2. The summed E-state index contributed by atoms with van der Waals surface area (Å²) in [6.07, 6.45) is -7.18. The van der Waals surface area contributed by atoms with E-state index < -0.39 is 34.7 Å². The number of carbonyl (C=O) groups is 2. The quantitative estimate of drug-likeness (QED) is 0.474. The lowest BCUT2D eigenvalue weighted by atomic mass is 9.76. The first-order chi connectivity index (χ1) is 15.4. The van der Waals surface area contributed by atoms with Crippen LogP contribution in [0.4, 0.5) is 37.7 Å². The van der Waals surface area contributed by atoms with Crippen LogP contribution < -0.4 is 9.80 Å². The van der Waals surface area contributed by atoms with Gasteiger partial charge in [-0.25, -0.2) is 0 Å². The smallest absolute Gasteiger partial charge is 0.346 e. The monoisotopic (exact) mass is 488 g/mol. The Morgan fingerprint density at radius 1 is 0.706 bits per heavy atom. The van der Waals surface area contributed by atoms with Crippen molar-refractivity contribution in [3.05, 3.63) is 47.8 Å². The highest BCUT2D eigenvalue weighted by atomic mass is 19.4. The van der Waals surface area contributed by atoms with E-state index in [0.717, 1.165) is 0 Å². The van der Waals surface area contributed by atoms with Gasteiger partial charge in [0.05, 0.1) is 11.4 Å². The summed E-state index contributed by atoms with van der Waals surface area (Å²) < 4.78 is 79.3. The first-order valence-electron chi connectivity index (χ1n) is 10.8. The van der Waals surface area contributed by atoms with E-state index in [1.54, 1.807) is 52.0 Å². The van der Waals surface area contributed by atoms with Gasteiger partial charge in [-0.05, 0) is 35.8 Å². The molecule has 34 heavy (non-hydrogen) atoms. The van der Waals surface area contributed by atoms with Gasteiger partial charge in [-0.15, -0.1) is 0 Å². The molecular formula is C24H26F6N2O2. The van der Waals surface area contributed by atoms with Crippen molar-refractivity contribution in [2.24, 2.45) is 10.8 Å². The van der Waals surface area contributed by atoms with Crippen molar-refractivity contribution < 1.29 is 35.9 Å². The van der Waals surface area contributed by atoms with Gasteiger partial charge >= 0.3 is 12.4 Å². The Hall–Kier alpha value is -2.78. The van der Waals surface area contributed by atoms with Crippen molar-refractivity contribution in [3.8, 4) is 0 Å². The molecule has 186 valence electrons. The molecule has 0 bridgehead atoms. The van der Waals surface area contributed by atoms with Gasteiger partial charge in [0.25, 0.3) is 11.6 Å². The van der Waals surface area contributed by atoms with Crippen LogP contribution >= 0.6 is 0 Å². The topological polar surface area (TPSA) is 40.6 Å². The lowest BCUT2D eigenvalue weighted by molar-refractivity contribution is -0.167. The second-order valence-electron chi connectivity index (χ2n) is 9.88. The summed E-state index contributed by atoms with van der Waals surface area (Å²) in [6.45, 7) is 6.87. The van der Waals surface area contributed by atoms with Crippen LogP contribution in [0.3, 0.4) is 0 Å². The van der Waals surface area contributed by atoms with Gasteiger partial charge in [-0.3, -0.25) is 9.59 Å². The zero-order valence-corrected chi connectivity index (χ0v) is 19.3. The van der Waals surface area contributed by atoms with E-state index in [9.17, 15) is 35.9 Å². The van der Waals surface area contributed by atoms with E-state index in [4.69, 9.17) is 0 Å². The Morgan fingerprint density at radius 3 is 1.32 bits per heavy atom. The molecule has 0 aliphatic carbocycles. The van der Waals surface area contributed by atoms with Crippen LogP contribution in [0.5, 0.6) is 0 Å². The zero-order chi connectivity index (χ0) is 25.7. The minimum Gasteiger partial charge on any atom is -0.346 e. The average Bonchev–Trinajstić information content (AvgIpc) is 2.71. The molecule has 3 rings (SSSR count). The fourth-order valence-corrected chi connectivity index (χ4v) is 4.23. The number of hydrogen-bond acceptors (Lipinski definition) is 4. The lowest BCUT2D eigenvalue weighted by Gasteiger charge is -2.40. The van der Waals surface area contributed by atoms with Gasteiger partial charge in [0.2, 0.25) is 0 Å². The lowest BCUT2D eigenvalue weighted by Crippen LogP contribution is -2.41. The van der Waals surface area contributed by atoms with Gasteiger partial charge in [0.15, 0.2) is 0 Å². The number of benzene rings is 1. The van der Waals surface area contributed by atoms with Gasteiger partial charge in [-0.1, -0.05) is 39.8 Å². The van der Waals surface area contributed by atoms with Crippen molar-refractivity contribution in [2.75, 3.05) is 22.9 Å². The molecule has 0 N–H and O–H groups in total. The highest BCUT2D eigenvalue weighted by molar-refractivity contribution is 6.02. The van der Waals surface area contributed by atoms with Crippen LogP contribution in [-0.4, -0.2) is 37.0 Å². The number of Topliss-reactive ketones (excluding diaryl/α,β-unsaturated/α-hetero) is 2. The Bertz CT molecular complexity index is 967. The van der Waals surface area contributed by atoms with Crippen molar-refractivity contribution in [1.82, 2.24) is 0 Å². The number of nitrogens with zero attached hydrogens (tertiary/aromatic N) is 2. The minimum atomic E-state index is -5.03. The normalized spacial score (nSPS) is 20.5. The standard InChI is InChI=1S/C24H26F6N2O2/c1-21(2)9-11-31(13-15(21)19(33)23(25,26)27)17-7-5-6-8-18(17)32-12-10-22(3,4)16(14-32)20(34)24(28,29)30/h5-8,13-14H,9-12H2,1-4H3. The molecule has 1 aromatic rings. The number of anilines is 2. The second-order valence-corrected chi connectivity index (χ2v) is 9.88. The third-order valence-corrected chi connectivity index (χ3v) is 6.49. The van der Waals surface area contributed by atoms with Gasteiger partial charge in [0.1, 0.15) is 0 Å². The SMILES string of the molecule is CC1(C)CCN(c2ccccc2N2C=C(C(=O)C(F)(F)F)C(C)(C)CC2)C=C1C(=O)C(F)(F)F. The van der Waals surface area contributed by atoms with Crippen LogP contribution in [0.25, 0.3) is 0 Å².